The molecular weight excluding hydrogens is 516 g/mol. The van der Waals surface area contributed by atoms with Gasteiger partial charge >= 0.3 is 11.9 Å². The summed E-state index contributed by atoms with van der Waals surface area (Å²) >= 11 is 0. The van der Waals surface area contributed by atoms with Crippen LogP contribution in [0.4, 0.5) is 0 Å². The third-order valence-electron chi connectivity index (χ3n) is 8.77. The van der Waals surface area contributed by atoms with Gasteiger partial charge in [0.25, 0.3) is 0 Å². The molecule has 2 aliphatic heterocycles. The number of nitrogens with one attached hydrogen (secondary N) is 2. The zero-order chi connectivity index (χ0) is 29.7. The van der Waals surface area contributed by atoms with Crippen molar-refractivity contribution in [3.05, 3.63) is 75.4 Å². The maximum atomic E-state index is 12.5. The van der Waals surface area contributed by atoms with Crippen LogP contribution >= 0.6 is 0 Å². The third kappa shape index (κ3) is 4.67. The molecule has 3 aromatic heterocycles. The monoisotopic (exact) mass is 552 g/mol. The first-order chi connectivity index (χ1) is 19.5. The molecule has 0 unspecified atom stereocenters. The number of H-pyrrole nitrogens is 2. The highest BCUT2D eigenvalue weighted by Gasteiger charge is 2.32. The SMILES string of the molecule is C=Cc1c(C)c2cc3nc(c(C)c4[nH]c(cc5nc(cc1[nH]2)C(C)=C5CC)c(C)c4C(=O)O)[C@@H](CCC(=O)O)[C@@H]3C. The number of aromatic carboxylic acids is 1. The van der Waals surface area contributed by atoms with Crippen molar-refractivity contribution in [2.24, 2.45) is 0 Å². The molecule has 4 N–H and O–H groups in total. The molecule has 0 aliphatic carbocycles. The van der Waals surface area contributed by atoms with Crippen LogP contribution in [0.2, 0.25) is 0 Å². The van der Waals surface area contributed by atoms with E-state index >= 15 is 0 Å². The molecule has 0 fully saturated rings. The van der Waals surface area contributed by atoms with Gasteiger partial charge in [0.05, 0.1) is 22.5 Å². The number of aromatic nitrogens is 4. The van der Waals surface area contributed by atoms with E-state index in [1.54, 1.807) is 6.92 Å². The lowest BCUT2D eigenvalue weighted by atomic mass is 9.86. The topological polar surface area (TPSA) is 132 Å². The molecule has 0 amide bonds. The number of carbonyl (C=O) groups is 2. The summed E-state index contributed by atoms with van der Waals surface area (Å²) in [6.07, 6.45) is 3.01. The molecule has 8 bridgehead atoms. The van der Waals surface area contributed by atoms with Gasteiger partial charge in [-0.1, -0.05) is 26.5 Å². The number of aromatic amines is 2. The summed E-state index contributed by atoms with van der Waals surface area (Å²) in [5, 5.41) is 19.7. The van der Waals surface area contributed by atoms with Crippen molar-refractivity contribution < 1.29 is 19.8 Å². The van der Waals surface area contributed by atoms with Crippen molar-refractivity contribution in [3.8, 4) is 0 Å². The van der Waals surface area contributed by atoms with Gasteiger partial charge in [0.1, 0.15) is 0 Å². The predicted molar refractivity (Wildman–Crippen MR) is 163 cm³/mol. The van der Waals surface area contributed by atoms with E-state index in [-0.39, 0.29) is 23.8 Å². The van der Waals surface area contributed by atoms with Crippen LogP contribution < -0.4 is 0 Å². The summed E-state index contributed by atoms with van der Waals surface area (Å²) in [6.45, 7) is 16.0. The zero-order valence-electron chi connectivity index (χ0n) is 24.4. The van der Waals surface area contributed by atoms with Crippen LogP contribution in [-0.2, 0) is 4.79 Å². The second-order valence-corrected chi connectivity index (χ2v) is 11.1. The van der Waals surface area contributed by atoms with Crippen molar-refractivity contribution in [3.63, 3.8) is 0 Å². The Morgan fingerprint density at radius 2 is 1.63 bits per heavy atom. The van der Waals surface area contributed by atoms with Gasteiger partial charge in [0, 0.05) is 51.8 Å². The summed E-state index contributed by atoms with van der Waals surface area (Å²) in [5.74, 6) is -2.15. The molecule has 8 heteroatoms. The van der Waals surface area contributed by atoms with Crippen LogP contribution in [0.15, 0.2) is 24.8 Å². The van der Waals surface area contributed by atoms with Crippen molar-refractivity contribution in [1.82, 2.24) is 19.9 Å². The fraction of sp³-hybridized carbons (Fsp3) is 0.333. The fourth-order valence-electron chi connectivity index (χ4n) is 6.32. The number of fused-ring (bicyclic) bond motifs is 8. The number of hydrogen-bond donors (Lipinski definition) is 4. The van der Waals surface area contributed by atoms with Crippen molar-refractivity contribution in [2.45, 2.75) is 72.6 Å². The van der Waals surface area contributed by atoms with Crippen LogP contribution in [0.5, 0.6) is 0 Å². The van der Waals surface area contributed by atoms with Crippen LogP contribution in [0, 0.1) is 20.8 Å². The smallest absolute Gasteiger partial charge is 0.338 e. The van der Waals surface area contributed by atoms with E-state index in [2.05, 4.69) is 37.3 Å². The fourth-order valence-corrected chi connectivity index (χ4v) is 6.32. The molecular formula is C33H36N4O4. The van der Waals surface area contributed by atoms with Crippen molar-refractivity contribution in [2.75, 3.05) is 0 Å². The zero-order valence-corrected chi connectivity index (χ0v) is 24.4. The van der Waals surface area contributed by atoms with Crippen LogP contribution in [0.1, 0.15) is 107 Å². The second kappa shape index (κ2) is 10.5. The quantitative estimate of drug-likeness (QED) is 0.248. The predicted octanol–water partition coefficient (Wildman–Crippen LogP) is 7.67. The third-order valence-corrected chi connectivity index (χ3v) is 8.77. The number of aryl methyl sites for hydroxylation is 3. The van der Waals surface area contributed by atoms with Crippen LogP contribution in [0.25, 0.3) is 39.3 Å². The molecule has 0 radical (unpaired) electrons. The lowest BCUT2D eigenvalue weighted by molar-refractivity contribution is -0.137. The van der Waals surface area contributed by atoms with Gasteiger partial charge in [-0.2, -0.15) is 0 Å². The molecule has 2 atom stereocenters. The normalized spacial score (nSPS) is 16.7. The van der Waals surface area contributed by atoms with E-state index in [4.69, 9.17) is 9.97 Å². The van der Waals surface area contributed by atoms with E-state index in [1.165, 1.54) is 0 Å². The van der Waals surface area contributed by atoms with Gasteiger partial charge in [-0.3, -0.25) is 9.78 Å². The molecule has 2 aliphatic rings. The lowest BCUT2D eigenvalue weighted by Crippen LogP contribution is -2.07. The number of hydrogen-bond acceptors (Lipinski definition) is 4. The average molecular weight is 553 g/mol. The van der Waals surface area contributed by atoms with E-state index < -0.39 is 11.9 Å². The van der Waals surface area contributed by atoms with Gasteiger partial charge < -0.3 is 20.2 Å². The maximum absolute atomic E-state index is 12.5. The van der Waals surface area contributed by atoms with Crippen LogP contribution in [-0.4, -0.2) is 42.1 Å². The Hall–Kier alpha value is -4.46. The minimum absolute atomic E-state index is 0.00563. The number of nitrogens with zero attached hydrogens (tertiary/aromatic N) is 2. The number of aliphatic carboxylic acids is 1. The highest BCUT2D eigenvalue weighted by atomic mass is 16.4. The molecule has 3 aromatic rings. The standard InChI is InChI=1S/C33H36N4O4/c1-8-20-15(3)23-12-25-17(5)22(10-11-29(38)39)31(36-25)19(7)32-30(33(40)41)18(6)26(37-32)14-28-21(9-2)16(4)24(35-28)13-27(20)34-23/h8,12-14,17,22,34,37H,1,9-11H2,2-7H3,(H,38,39)(H,40,41)/t17-,22-/m0/s1. The molecule has 0 saturated heterocycles. The van der Waals surface area contributed by atoms with E-state index in [9.17, 15) is 19.8 Å². The van der Waals surface area contributed by atoms with Crippen molar-refractivity contribution >= 4 is 51.2 Å². The molecule has 0 aromatic carbocycles. The number of rotatable bonds is 6. The minimum Gasteiger partial charge on any atom is -0.481 e. The Morgan fingerprint density at radius 3 is 2.27 bits per heavy atom. The first-order valence-corrected chi connectivity index (χ1v) is 14.0. The number of carboxylic acid groups (broad SMARTS) is 2. The highest BCUT2D eigenvalue weighted by Crippen LogP contribution is 2.42. The van der Waals surface area contributed by atoms with E-state index in [0.29, 0.717) is 34.3 Å². The Kier molecular flexibility index (Phi) is 7.19. The highest BCUT2D eigenvalue weighted by molar-refractivity contribution is 6.02. The molecule has 5 heterocycles. The molecule has 0 spiro atoms. The molecule has 212 valence electrons. The summed E-state index contributed by atoms with van der Waals surface area (Å²) in [5.41, 5.74) is 11.9. The first kappa shape index (κ1) is 28.1. The van der Waals surface area contributed by atoms with Gasteiger partial charge in [-0.25, -0.2) is 9.78 Å². The first-order valence-electron chi connectivity index (χ1n) is 14.0. The number of allylic oxidation sites excluding steroid dienone is 2. The largest absolute Gasteiger partial charge is 0.481 e. The summed E-state index contributed by atoms with van der Waals surface area (Å²) in [6, 6.07) is 6.00. The molecule has 8 nitrogen and oxygen atoms in total. The molecule has 0 saturated carbocycles. The number of carboxylic acids is 2. The molecule has 5 rings (SSSR count). The maximum Gasteiger partial charge on any atom is 0.338 e. The average Bonchev–Trinajstić information content (AvgIpc) is 3.60. The Labute approximate surface area is 238 Å². The summed E-state index contributed by atoms with van der Waals surface area (Å²) < 4.78 is 0. The van der Waals surface area contributed by atoms with Gasteiger partial charge in [0.2, 0.25) is 0 Å². The Balaban J connectivity index is 1.99. The van der Waals surface area contributed by atoms with Gasteiger partial charge in [-0.15, -0.1) is 0 Å². The van der Waals surface area contributed by atoms with E-state index in [0.717, 1.165) is 56.8 Å². The second-order valence-electron chi connectivity index (χ2n) is 11.1. The lowest BCUT2D eigenvalue weighted by Gasteiger charge is -2.16. The Morgan fingerprint density at radius 1 is 0.951 bits per heavy atom. The Bertz CT molecular complexity index is 1820. The summed E-state index contributed by atoms with van der Waals surface area (Å²) in [4.78, 5) is 41.1. The molecule has 41 heavy (non-hydrogen) atoms. The van der Waals surface area contributed by atoms with E-state index in [1.807, 2.05) is 38.1 Å². The summed E-state index contributed by atoms with van der Waals surface area (Å²) in [7, 11) is 0. The van der Waals surface area contributed by atoms with Gasteiger partial charge in [0.15, 0.2) is 0 Å². The van der Waals surface area contributed by atoms with Crippen molar-refractivity contribution in [1.29, 1.82) is 0 Å². The van der Waals surface area contributed by atoms with Gasteiger partial charge in [-0.05, 0) is 86.6 Å². The van der Waals surface area contributed by atoms with Crippen LogP contribution in [0.3, 0.4) is 0 Å². The minimum atomic E-state index is -1.03.